The minimum atomic E-state index is 0.574. The highest BCUT2D eigenvalue weighted by atomic mass is 35.5. The van der Waals surface area contributed by atoms with Crippen LogP contribution >= 0.6 is 11.6 Å². The Labute approximate surface area is 164 Å². The monoisotopic (exact) mass is 385 g/mol. The molecule has 0 aliphatic heterocycles. The van der Waals surface area contributed by atoms with Crippen LogP contribution in [0.25, 0.3) is 11.4 Å². The minimum absolute atomic E-state index is 0.574. The molecule has 0 fully saturated rings. The summed E-state index contributed by atoms with van der Waals surface area (Å²) in [6.45, 7) is 3.71. The van der Waals surface area contributed by atoms with Crippen LogP contribution in [0.15, 0.2) is 36.4 Å². The van der Waals surface area contributed by atoms with E-state index in [1.54, 1.807) is 0 Å². The van der Waals surface area contributed by atoms with Crippen molar-refractivity contribution < 1.29 is 0 Å². The summed E-state index contributed by atoms with van der Waals surface area (Å²) in [5.41, 5.74) is 1.77. The van der Waals surface area contributed by atoms with Crippen molar-refractivity contribution in [1.82, 2.24) is 25.1 Å². The summed E-state index contributed by atoms with van der Waals surface area (Å²) in [7, 11) is 6.12. The zero-order chi connectivity index (χ0) is 19.4. The van der Waals surface area contributed by atoms with Crippen LogP contribution in [0.5, 0.6) is 0 Å². The second kappa shape index (κ2) is 8.37. The Hall–Kier alpha value is -2.64. The topological polar surface area (TPSA) is 73.0 Å². The second-order valence-electron chi connectivity index (χ2n) is 6.70. The third kappa shape index (κ3) is 4.96. The highest BCUT2D eigenvalue weighted by Crippen LogP contribution is 2.28. The van der Waals surface area contributed by atoms with Gasteiger partial charge in [0.05, 0.1) is 5.02 Å². The van der Waals surface area contributed by atoms with Crippen molar-refractivity contribution in [2.75, 3.05) is 44.4 Å². The summed E-state index contributed by atoms with van der Waals surface area (Å²) >= 11 is 6.37. The smallest absolute Gasteiger partial charge is 0.165 e. The molecule has 0 unspecified atom stereocenters. The molecule has 2 aromatic heterocycles. The molecule has 0 aliphatic carbocycles. The molecule has 0 saturated carbocycles. The zero-order valence-electron chi connectivity index (χ0n) is 16.0. The molecule has 8 heteroatoms. The van der Waals surface area contributed by atoms with Gasteiger partial charge in [0.1, 0.15) is 11.6 Å². The van der Waals surface area contributed by atoms with Crippen LogP contribution in [-0.2, 0) is 0 Å². The van der Waals surface area contributed by atoms with Gasteiger partial charge in [0.2, 0.25) is 0 Å². The van der Waals surface area contributed by atoms with E-state index >= 15 is 0 Å². The molecule has 7 nitrogen and oxygen atoms in total. The Balaban J connectivity index is 1.98. The van der Waals surface area contributed by atoms with Gasteiger partial charge in [-0.1, -0.05) is 23.7 Å². The van der Waals surface area contributed by atoms with Gasteiger partial charge < -0.3 is 15.1 Å². The fraction of sp³-hybridized carbons (Fsp3) is 0.316. The first-order chi connectivity index (χ1) is 12.9. The molecule has 0 atom stereocenters. The van der Waals surface area contributed by atoms with Crippen molar-refractivity contribution in [1.29, 1.82) is 0 Å². The summed E-state index contributed by atoms with van der Waals surface area (Å²) in [5.74, 6) is 2.76. The Bertz CT molecular complexity index is 907. The van der Waals surface area contributed by atoms with E-state index in [9.17, 15) is 0 Å². The van der Waals surface area contributed by atoms with Gasteiger partial charge in [-0.2, -0.15) is 5.10 Å². The maximum atomic E-state index is 6.37. The van der Waals surface area contributed by atoms with Gasteiger partial charge in [-0.25, -0.2) is 9.97 Å². The molecule has 0 aliphatic rings. The maximum Gasteiger partial charge on any atom is 0.165 e. The lowest BCUT2D eigenvalue weighted by Gasteiger charge is -2.21. The van der Waals surface area contributed by atoms with E-state index in [1.807, 2.05) is 50.4 Å². The molecular formula is C19H24ClN7. The molecule has 27 heavy (non-hydrogen) atoms. The number of anilines is 3. The van der Waals surface area contributed by atoms with Crippen LogP contribution in [0.3, 0.4) is 0 Å². The second-order valence-corrected chi connectivity index (χ2v) is 7.11. The molecule has 0 spiro atoms. The third-order valence-electron chi connectivity index (χ3n) is 4.06. The van der Waals surface area contributed by atoms with E-state index in [0.717, 1.165) is 30.2 Å². The Morgan fingerprint density at radius 3 is 2.48 bits per heavy atom. The molecular weight excluding hydrogens is 362 g/mol. The third-order valence-corrected chi connectivity index (χ3v) is 4.39. The normalized spacial score (nSPS) is 11.0. The molecule has 0 bridgehead atoms. The number of nitrogens with one attached hydrogen (secondary N) is 2. The first-order valence-electron chi connectivity index (χ1n) is 8.71. The van der Waals surface area contributed by atoms with Crippen molar-refractivity contribution in [3.8, 4) is 11.4 Å². The molecule has 1 aromatic carbocycles. The van der Waals surface area contributed by atoms with Gasteiger partial charge in [-0.05, 0) is 33.2 Å². The number of likely N-dealkylation sites (N-methyl/N-ethyl adjacent to an activating group) is 2. The van der Waals surface area contributed by atoms with E-state index in [4.69, 9.17) is 16.6 Å². The van der Waals surface area contributed by atoms with Gasteiger partial charge in [-0.3, -0.25) is 5.10 Å². The van der Waals surface area contributed by atoms with Crippen LogP contribution < -0.4 is 10.2 Å². The number of benzene rings is 1. The van der Waals surface area contributed by atoms with Gasteiger partial charge in [0.25, 0.3) is 0 Å². The first-order valence-corrected chi connectivity index (χ1v) is 9.09. The molecule has 0 saturated heterocycles. The van der Waals surface area contributed by atoms with Crippen molar-refractivity contribution in [3.05, 3.63) is 47.1 Å². The predicted octanol–water partition coefficient (Wildman–Crippen LogP) is 3.57. The number of H-pyrrole nitrogens is 1. The lowest BCUT2D eigenvalue weighted by atomic mass is 10.2. The summed E-state index contributed by atoms with van der Waals surface area (Å²) in [5, 5.41) is 11.0. The lowest BCUT2D eigenvalue weighted by Crippen LogP contribution is -2.29. The Morgan fingerprint density at radius 2 is 1.81 bits per heavy atom. The highest BCUT2D eigenvalue weighted by Gasteiger charge is 2.13. The number of aromatic nitrogens is 4. The molecule has 2 N–H and O–H groups in total. The minimum Gasteiger partial charge on any atom is -0.358 e. The average molecular weight is 386 g/mol. The van der Waals surface area contributed by atoms with Crippen LogP contribution in [-0.4, -0.2) is 59.3 Å². The number of halogens is 1. The van der Waals surface area contributed by atoms with Crippen LogP contribution in [0.1, 0.15) is 5.69 Å². The quantitative estimate of drug-likeness (QED) is 0.647. The van der Waals surface area contributed by atoms with E-state index in [0.29, 0.717) is 22.5 Å². The average Bonchev–Trinajstić information content (AvgIpc) is 3.04. The summed E-state index contributed by atoms with van der Waals surface area (Å²) in [4.78, 5) is 13.6. The maximum absolute atomic E-state index is 6.37. The fourth-order valence-electron chi connectivity index (χ4n) is 2.53. The molecule has 2 heterocycles. The first kappa shape index (κ1) is 19.1. The van der Waals surface area contributed by atoms with E-state index in [1.165, 1.54) is 0 Å². The molecule has 0 radical (unpaired) electrons. The molecule has 0 amide bonds. The summed E-state index contributed by atoms with van der Waals surface area (Å²) in [6.07, 6.45) is 0. The summed E-state index contributed by atoms with van der Waals surface area (Å²) < 4.78 is 0. The lowest BCUT2D eigenvalue weighted by molar-refractivity contribution is 0.416. The van der Waals surface area contributed by atoms with E-state index in [2.05, 4.69) is 44.4 Å². The molecule has 142 valence electrons. The van der Waals surface area contributed by atoms with Crippen LogP contribution in [0.2, 0.25) is 5.02 Å². The number of nitrogens with zero attached hydrogens (tertiary/aromatic N) is 5. The Morgan fingerprint density at radius 1 is 1.04 bits per heavy atom. The number of hydrogen-bond acceptors (Lipinski definition) is 6. The van der Waals surface area contributed by atoms with E-state index < -0.39 is 0 Å². The number of aromatic amines is 1. The Kier molecular flexibility index (Phi) is 5.93. The molecule has 3 rings (SSSR count). The summed E-state index contributed by atoms with van der Waals surface area (Å²) in [6, 6.07) is 11.4. The van der Waals surface area contributed by atoms with Crippen molar-refractivity contribution in [2.45, 2.75) is 6.92 Å². The van der Waals surface area contributed by atoms with Gasteiger partial charge in [0, 0.05) is 43.5 Å². The number of rotatable bonds is 7. The molecule has 3 aromatic rings. The fourth-order valence-corrected chi connectivity index (χ4v) is 2.76. The predicted molar refractivity (Wildman–Crippen MR) is 111 cm³/mol. The SMILES string of the molecule is Cc1cc(Nc2cc(N(C)CCN(C)C)nc(-c3ccccc3Cl)n2)n[nH]1. The number of aryl methyl sites for hydroxylation is 1. The van der Waals surface area contributed by atoms with Crippen LogP contribution in [0.4, 0.5) is 17.5 Å². The van der Waals surface area contributed by atoms with Gasteiger partial charge in [-0.15, -0.1) is 0 Å². The van der Waals surface area contributed by atoms with Crippen molar-refractivity contribution in [3.63, 3.8) is 0 Å². The standard InChI is InChI=1S/C19H24ClN7/c1-13-11-17(25-24-13)21-16-12-18(27(4)10-9-26(2)3)23-19(22-16)14-7-5-6-8-15(14)20/h5-8,11-12H,9-10H2,1-4H3,(H2,21,22,23,24,25). The van der Waals surface area contributed by atoms with Crippen molar-refractivity contribution in [2.24, 2.45) is 0 Å². The zero-order valence-corrected chi connectivity index (χ0v) is 16.7. The highest BCUT2D eigenvalue weighted by molar-refractivity contribution is 6.33. The van der Waals surface area contributed by atoms with Gasteiger partial charge in [0.15, 0.2) is 11.6 Å². The van der Waals surface area contributed by atoms with Crippen LogP contribution in [0, 0.1) is 6.92 Å². The van der Waals surface area contributed by atoms with Crippen molar-refractivity contribution >= 4 is 29.1 Å². The largest absolute Gasteiger partial charge is 0.358 e. The van der Waals surface area contributed by atoms with Gasteiger partial charge >= 0.3 is 0 Å². The number of hydrogen-bond donors (Lipinski definition) is 2. The van der Waals surface area contributed by atoms with E-state index in [-0.39, 0.29) is 0 Å².